The molecular weight excluding hydrogens is 264 g/mol. The maximum atomic E-state index is 11.7. The van der Waals surface area contributed by atoms with E-state index in [2.05, 4.69) is 20.5 Å². The summed E-state index contributed by atoms with van der Waals surface area (Å²) in [7, 11) is 0. The average molecular weight is 272 g/mol. The lowest BCUT2D eigenvalue weighted by atomic mass is 10.3. The van der Waals surface area contributed by atoms with Gasteiger partial charge in [0.2, 0.25) is 5.13 Å². The first-order valence-corrected chi connectivity index (χ1v) is 6.23. The van der Waals surface area contributed by atoms with Crippen LogP contribution in [-0.2, 0) is 0 Å². The fourth-order valence-electron chi connectivity index (χ4n) is 1.45. The van der Waals surface area contributed by atoms with E-state index in [1.807, 2.05) is 12.1 Å². The van der Waals surface area contributed by atoms with Crippen molar-refractivity contribution in [1.82, 2.24) is 15.2 Å². The first-order valence-electron chi connectivity index (χ1n) is 5.42. The van der Waals surface area contributed by atoms with E-state index in [4.69, 9.17) is 4.42 Å². The van der Waals surface area contributed by atoms with Gasteiger partial charge in [-0.3, -0.25) is 15.1 Å². The molecule has 7 heteroatoms. The molecular formula is C12H8N4O2S. The largest absolute Gasteiger partial charge is 0.459 e. The average Bonchev–Trinajstić information content (AvgIpc) is 3.11. The quantitative estimate of drug-likeness (QED) is 0.792. The molecule has 3 rings (SSSR count). The van der Waals surface area contributed by atoms with Crippen molar-refractivity contribution in [2.24, 2.45) is 0 Å². The van der Waals surface area contributed by atoms with Crippen LogP contribution >= 0.6 is 11.3 Å². The van der Waals surface area contributed by atoms with Gasteiger partial charge in [-0.05, 0) is 24.3 Å². The highest BCUT2D eigenvalue weighted by Crippen LogP contribution is 2.25. The van der Waals surface area contributed by atoms with Crippen LogP contribution in [0.4, 0.5) is 5.13 Å². The zero-order valence-electron chi connectivity index (χ0n) is 9.61. The Morgan fingerprint density at radius 2 is 2.05 bits per heavy atom. The Balaban J connectivity index is 1.77. The molecule has 0 saturated carbocycles. The van der Waals surface area contributed by atoms with E-state index in [1.54, 1.807) is 24.5 Å². The summed E-state index contributed by atoms with van der Waals surface area (Å²) in [5, 5.41) is 11.7. The molecule has 6 nitrogen and oxygen atoms in total. The van der Waals surface area contributed by atoms with E-state index >= 15 is 0 Å². The molecule has 0 aliphatic heterocycles. The van der Waals surface area contributed by atoms with Crippen LogP contribution in [0.1, 0.15) is 10.6 Å². The molecule has 0 unspecified atom stereocenters. The van der Waals surface area contributed by atoms with Gasteiger partial charge in [-0.25, -0.2) is 0 Å². The first kappa shape index (κ1) is 11.5. The van der Waals surface area contributed by atoms with Gasteiger partial charge in [-0.1, -0.05) is 11.3 Å². The smallest absolute Gasteiger partial charge is 0.293 e. The zero-order chi connectivity index (χ0) is 13.1. The number of nitrogens with zero attached hydrogens (tertiary/aromatic N) is 3. The van der Waals surface area contributed by atoms with Crippen LogP contribution in [0.25, 0.3) is 10.6 Å². The van der Waals surface area contributed by atoms with Crippen molar-refractivity contribution >= 4 is 22.4 Å². The third-order valence-corrected chi connectivity index (χ3v) is 3.21. The zero-order valence-corrected chi connectivity index (χ0v) is 10.4. The number of anilines is 1. The molecule has 0 spiro atoms. The summed E-state index contributed by atoms with van der Waals surface area (Å²) >= 11 is 1.29. The summed E-state index contributed by atoms with van der Waals surface area (Å²) in [6.45, 7) is 0. The lowest BCUT2D eigenvalue weighted by Gasteiger charge is -1.95. The molecule has 0 aliphatic carbocycles. The molecule has 1 amide bonds. The van der Waals surface area contributed by atoms with Crippen LogP contribution in [0.15, 0.2) is 47.3 Å². The molecule has 0 atom stereocenters. The number of rotatable bonds is 3. The minimum Gasteiger partial charge on any atom is -0.459 e. The Morgan fingerprint density at radius 3 is 2.79 bits per heavy atom. The Labute approximate surface area is 112 Å². The number of hydrogen-bond donors (Lipinski definition) is 1. The first-order chi connectivity index (χ1) is 9.33. The summed E-state index contributed by atoms with van der Waals surface area (Å²) in [5.74, 6) is -0.108. The van der Waals surface area contributed by atoms with Gasteiger partial charge < -0.3 is 4.42 Å². The van der Waals surface area contributed by atoms with Crippen LogP contribution in [0, 0.1) is 0 Å². The lowest BCUT2D eigenvalue weighted by molar-refractivity contribution is 0.0996. The second kappa shape index (κ2) is 4.99. The molecule has 0 aromatic carbocycles. The van der Waals surface area contributed by atoms with Gasteiger partial charge in [-0.15, -0.1) is 10.2 Å². The van der Waals surface area contributed by atoms with Crippen molar-refractivity contribution < 1.29 is 9.21 Å². The predicted octanol–water partition coefficient (Wildman–Crippen LogP) is 2.45. The molecule has 0 radical (unpaired) electrons. The van der Waals surface area contributed by atoms with Crippen molar-refractivity contribution in [2.45, 2.75) is 0 Å². The van der Waals surface area contributed by atoms with Gasteiger partial charge in [0.15, 0.2) is 5.76 Å². The second-order valence-corrected chi connectivity index (χ2v) is 4.56. The van der Waals surface area contributed by atoms with Crippen LogP contribution in [-0.4, -0.2) is 21.1 Å². The van der Waals surface area contributed by atoms with Crippen LogP contribution in [0.5, 0.6) is 0 Å². The van der Waals surface area contributed by atoms with Crippen LogP contribution in [0.3, 0.4) is 0 Å². The summed E-state index contributed by atoms with van der Waals surface area (Å²) in [6, 6.07) is 6.90. The molecule has 3 heterocycles. The third kappa shape index (κ3) is 2.50. The standard InChI is InChI=1S/C12H8N4O2S/c17-10(9-2-1-7-18-9)14-12-16-15-11(19-12)8-3-5-13-6-4-8/h1-7H,(H,14,16,17). The van der Waals surface area contributed by atoms with E-state index in [9.17, 15) is 4.79 Å². The highest BCUT2D eigenvalue weighted by atomic mass is 32.1. The van der Waals surface area contributed by atoms with Gasteiger partial charge in [0, 0.05) is 18.0 Å². The summed E-state index contributed by atoms with van der Waals surface area (Å²) in [5.41, 5.74) is 0.908. The molecule has 0 saturated heterocycles. The summed E-state index contributed by atoms with van der Waals surface area (Å²) in [6.07, 6.45) is 4.80. The highest BCUT2D eigenvalue weighted by Gasteiger charge is 2.12. The minimum absolute atomic E-state index is 0.237. The molecule has 3 aromatic rings. The molecule has 3 aromatic heterocycles. The molecule has 0 fully saturated rings. The number of furan rings is 1. The monoisotopic (exact) mass is 272 g/mol. The van der Waals surface area contributed by atoms with Gasteiger partial charge in [0.1, 0.15) is 5.01 Å². The molecule has 94 valence electrons. The molecule has 19 heavy (non-hydrogen) atoms. The Morgan fingerprint density at radius 1 is 1.21 bits per heavy atom. The number of nitrogens with one attached hydrogen (secondary N) is 1. The van der Waals surface area contributed by atoms with E-state index in [0.29, 0.717) is 5.13 Å². The normalized spacial score (nSPS) is 10.3. The highest BCUT2D eigenvalue weighted by molar-refractivity contribution is 7.18. The van der Waals surface area contributed by atoms with E-state index < -0.39 is 0 Å². The van der Waals surface area contributed by atoms with Crippen molar-refractivity contribution in [1.29, 1.82) is 0 Å². The van der Waals surface area contributed by atoms with Crippen molar-refractivity contribution in [3.63, 3.8) is 0 Å². The van der Waals surface area contributed by atoms with Gasteiger partial charge in [-0.2, -0.15) is 0 Å². The predicted molar refractivity (Wildman–Crippen MR) is 69.8 cm³/mol. The SMILES string of the molecule is O=C(Nc1nnc(-c2ccncc2)s1)c1ccco1. The summed E-state index contributed by atoms with van der Waals surface area (Å²) < 4.78 is 5.00. The van der Waals surface area contributed by atoms with Crippen molar-refractivity contribution in [3.05, 3.63) is 48.7 Å². The lowest BCUT2D eigenvalue weighted by Crippen LogP contribution is -2.10. The van der Waals surface area contributed by atoms with E-state index in [0.717, 1.165) is 10.6 Å². The number of pyridine rings is 1. The summed E-state index contributed by atoms with van der Waals surface area (Å²) in [4.78, 5) is 15.7. The fraction of sp³-hybridized carbons (Fsp3) is 0. The Kier molecular flexibility index (Phi) is 3.03. The van der Waals surface area contributed by atoms with E-state index in [1.165, 1.54) is 17.6 Å². The number of aromatic nitrogens is 3. The molecule has 1 N–H and O–H groups in total. The van der Waals surface area contributed by atoms with Crippen molar-refractivity contribution in [3.8, 4) is 10.6 Å². The third-order valence-electron chi connectivity index (χ3n) is 2.32. The number of carbonyl (C=O) groups excluding carboxylic acids is 1. The number of carbonyl (C=O) groups is 1. The minimum atomic E-state index is -0.345. The maximum Gasteiger partial charge on any atom is 0.293 e. The fourth-order valence-corrected chi connectivity index (χ4v) is 2.20. The number of amides is 1. The van der Waals surface area contributed by atoms with Gasteiger partial charge in [0.05, 0.1) is 6.26 Å². The van der Waals surface area contributed by atoms with Crippen LogP contribution < -0.4 is 5.32 Å². The second-order valence-electron chi connectivity index (χ2n) is 3.58. The van der Waals surface area contributed by atoms with Gasteiger partial charge >= 0.3 is 0 Å². The number of hydrogen-bond acceptors (Lipinski definition) is 6. The van der Waals surface area contributed by atoms with Crippen molar-refractivity contribution in [2.75, 3.05) is 5.32 Å². The van der Waals surface area contributed by atoms with E-state index in [-0.39, 0.29) is 11.7 Å². The molecule has 0 bridgehead atoms. The maximum absolute atomic E-state index is 11.7. The Hall–Kier alpha value is -2.54. The topological polar surface area (TPSA) is 80.9 Å². The van der Waals surface area contributed by atoms with Gasteiger partial charge in [0.25, 0.3) is 5.91 Å². The van der Waals surface area contributed by atoms with Crippen LogP contribution in [0.2, 0.25) is 0 Å². The molecule has 0 aliphatic rings. The Bertz CT molecular complexity index is 679.